The maximum atomic E-state index is 7.32. The largest absolute Gasteiger partial charge is 0.493 e. The average molecular weight is 485 g/mol. The van der Waals surface area contributed by atoms with Gasteiger partial charge in [-0.1, -0.05) is 32.9 Å². The fourth-order valence-corrected chi connectivity index (χ4v) is 4.14. The van der Waals surface area contributed by atoms with Crippen molar-refractivity contribution in [2.24, 2.45) is 5.92 Å². The van der Waals surface area contributed by atoms with Crippen molar-refractivity contribution in [2.75, 3.05) is 48.6 Å². The number of ether oxygens (including phenoxy) is 4. The van der Waals surface area contributed by atoms with E-state index in [1.54, 1.807) is 34.5 Å². The predicted octanol–water partition coefficient (Wildman–Crippen LogP) is 6.12. The van der Waals surface area contributed by atoms with Gasteiger partial charge in [0.15, 0.2) is 23.0 Å². The van der Waals surface area contributed by atoms with Gasteiger partial charge in [0.25, 0.3) is 0 Å². The number of hydrogen-bond acceptors (Lipinski definition) is 6. The van der Waals surface area contributed by atoms with Gasteiger partial charge in [0, 0.05) is 13.5 Å². The van der Waals surface area contributed by atoms with Crippen LogP contribution < -0.4 is 18.9 Å². The van der Waals surface area contributed by atoms with E-state index in [1.807, 2.05) is 12.1 Å². The zero-order valence-corrected chi connectivity index (χ0v) is 23.1. The average Bonchev–Trinajstić information content (AvgIpc) is 2.86. The molecule has 0 spiro atoms. The molecule has 2 rings (SSSR count). The van der Waals surface area contributed by atoms with Crippen molar-refractivity contribution in [3.8, 4) is 29.1 Å². The fraction of sp³-hybridized carbons (Fsp3) is 0.552. The molecule has 0 aliphatic heterocycles. The minimum absolute atomic E-state index is 0.0732. The van der Waals surface area contributed by atoms with Gasteiger partial charge in [-0.3, -0.25) is 0 Å². The first-order chi connectivity index (χ1) is 16.7. The first kappa shape index (κ1) is 30.1. The summed E-state index contributed by atoms with van der Waals surface area (Å²) in [6.45, 7) is 10.5. The fourth-order valence-electron chi connectivity index (χ4n) is 4.14. The van der Waals surface area contributed by atoms with E-state index in [0.29, 0.717) is 5.92 Å². The molecule has 0 saturated carbocycles. The van der Waals surface area contributed by atoms with Gasteiger partial charge in [0.2, 0.25) is 0 Å². The van der Waals surface area contributed by atoms with Gasteiger partial charge in [-0.05, 0) is 79.6 Å². The zero-order valence-electron chi connectivity index (χ0n) is 23.1. The van der Waals surface area contributed by atoms with E-state index in [2.05, 4.69) is 57.0 Å². The number of nitriles is 1. The summed E-state index contributed by atoms with van der Waals surface area (Å²) in [7, 11) is 8.92. The van der Waals surface area contributed by atoms with E-state index in [9.17, 15) is 0 Å². The van der Waals surface area contributed by atoms with Crippen LogP contribution in [0.1, 0.15) is 51.7 Å². The Bertz CT molecular complexity index is 939. The first-order valence-corrected chi connectivity index (χ1v) is 12.1. The van der Waals surface area contributed by atoms with Gasteiger partial charge < -0.3 is 23.8 Å². The molecule has 0 fully saturated rings. The summed E-state index contributed by atoms with van der Waals surface area (Å²) in [6.07, 6.45) is 3.22. The van der Waals surface area contributed by atoms with Crippen molar-refractivity contribution in [3.05, 3.63) is 47.5 Å². The standard InChI is InChI=1S/C27H41NO4.C2H3N/c1-20(2)27(3,22-11-13-24(30-6)26(19-22)32-8)15-9-16-28(4)17-14-21-10-12-23(29-5)25(18-21)31-7;1-2-3/h10-13,18-20H,9,14-17H2,1-8H3;1H3. The molecular formula is C29H44N2O4. The van der Waals surface area contributed by atoms with Crippen molar-refractivity contribution in [2.45, 2.75) is 52.4 Å². The predicted molar refractivity (Wildman–Crippen MR) is 143 cm³/mol. The van der Waals surface area contributed by atoms with Crippen molar-refractivity contribution in [3.63, 3.8) is 0 Å². The quantitative estimate of drug-likeness (QED) is 0.341. The van der Waals surface area contributed by atoms with Gasteiger partial charge in [-0.2, -0.15) is 5.26 Å². The SMILES string of the molecule is CC#N.COc1ccc(CCN(C)CCCC(C)(c2ccc(OC)c(OC)c2)C(C)C)cc1OC. The van der Waals surface area contributed by atoms with Crippen LogP contribution in [0.25, 0.3) is 0 Å². The van der Waals surface area contributed by atoms with E-state index in [1.165, 1.54) is 18.1 Å². The number of hydrogen-bond donors (Lipinski definition) is 0. The topological polar surface area (TPSA) is 64.0 Å². The first-order valence-electron chi connectivity index (χ1n) is 12.1. The monoisotopic (exact) mass is 484 g/mol. The third kappa shape index (κ3) is 8.67. The second-order valence-electron chi connectivity index (χ2n) is 9.21. The van der Waals surface area contributed by atoms with Crippen molar-refractivity contribution in [1.82, 2.24) is 4.90 Å². The molecule has 1 unspecified atom stereocenters. The van der Waals surface area contributed by atoms with E-state index in [0.717, 1.165) is 55.4 Å². The maximum absolute atomic E-state index is 7.32. The number of methoxy groups -OCH3 is 4. The van der Waals surface area contributed by atoms with E-state index in [-0.39, 0.29) is 5.41 Å². The Kier molecular flexibility index (Phi) is 13.0. The van der Waals surface area contributed by atoms with Crippen LogP contribution in [0.4, 0.5) is 0 Å². The van der Waals surface area contributed by atoms with Crippen molar-refractivity contribution >= 4 is 0 Å². The minimum atomic E-state index is 0.0732. The highest BCUT2D eigenvalue weighted by atomic mass is 16.5. The Hall–Kier alpha value is -2.91. The third-order valence-corrected chi connectivity index (χ3v) is 6.78. The molecule has 0 amide bonds. The molecule has 0 aliphatic rings. The Balaban J connectivity index is 0.00000194. The van der Waals surface area contributed by atoms with Crippen LogP contribution in [0.15, 0.2) is 36.4 Å². The summed E-state index contributed by atoms with van der Waals surface area (Å²) in [5.41, 5.74) is 2.63. The number of nitrogens with zero attached hydrogens (tertiary/aromatic N) is 2. The van der Waals surface area contributed by atoms with Gasteiger partial charge in [-0.15, -0.1) is 0 Å². The molecular weight excluding hydrogens is 440 g/mol. The molecule has 2 aromatic rings. The molecule has 0 N–H and O–H groups in total. The molecule has 194 valence electrons. The molecule has 0 aliphatic carbocycles. The summed E-state index contributed by atoms with van der Waals surface area (Å²) in [5, 5.41) is 7.32. The molecule has 1 atom stereocenters. The second kappa shape index (κ2) is 15.2. The van der Waals surface area contributed by atoms with Gasteiger partial charge in [0.1, 0.15) is 0 Å². The lowest BCUT2D eigenvalue weighted by Gasteiger charge is -2.35. The van der Waals surface area contributed by atoms with Gasteiger partial charge in [-0.25, -0.2) is 0 Å². The normalized spacial score (nSPS) is 12.3. The molecule has 0 aromatic heterocycles. The lowest BCUT2D eigenvalue weighted by atomic mass is 9.70. The van der Waals surface area contributed by atoms with Gasteiger partial charge >= 0.3 is 0 Å². The number of rotatable bonds is 13. The molecule has 0 bridgehead atoms. The zero-order chi connectivity index (χ0) is 26.4. The van der Waals surface area contributed by atoms with E-state index < -0.39 is 0 Å². The van der Waals surface area contributed by atoms with Crippen LogP contribution in [-0.2, 0) is 11.8 Å². The third-order valence-electron chi connectivity index (χ3n) is 6.78. The summed E-state index contributed by atoms with van der Waals surface area (Å²) in [4.78, 5) is 2.41. The summed E-state index contributed by atoms with van der Waals surface area (Å²) in [6, 6.07) is 14.2. The van der Waals surface area contributed by atoms with Crippen LogP contribution in [-0.4, -0.2) is 53.5 Å². The number of benzene rings is 2. The van der Waals surface area contributed by atoms with Crippen LogP contribution >= 0.6 is 0 Å². The van der Waals surface area contributed by atoms with Crippen molar-refractivity contribution < 1.29 is 18.9 Å². The second-order valence-corrected chi connectivity index (χ2v) is 9.21. The van der Waals surface area contributed by atoms with E-state index >= 15 is 0 Å². The highest BCUT2D eigenvalue weighted by Crippen LogP contribution is 2.40. The minimum Gasteiger partial charge on any atom is -0.493 e. The maximum Gasteiger partial charge on any atom is 0.161 e. The molecule has 35 heavy (non-hydrogen) atoms. The molecule has 2 aromatic carbocycles. The Morgan fingerprint density at radius 3 is 1.89 bits per heavy atom. The highest BCUT2D eigenvalue weighted by Gasteiger charge is 2.31. The highest BCUT2D eigenvalue weighted by molar-refractivity contribution is 5.45. The molecule has 0 saturated heterocycles. The molecule has 6 heteroatoms. The van der Waals surface area contributed by atoms with Crippen LogP contribution in [0.2, 0.25) is 0 Å². The Labute approximate surface area is 212 Å². The Morgan fingerprint density at radius 1 is 0.857 bits per heavy atom. The van der Waals surface area contributed by atoms with Crippen LogP contribution in [0, 0.1) is 17.2 Å². The summed E-state index contributed by atoms with van der Waals surface area (Å²) >= 11 is 0. The molecule has 6 nitrogen and oxygen atoms in total. The molecule has 0 heterocycles. The smallest absolute Gasteiger partial charge is 0.161 e. The van der Waals surface area contributed by atoms with E-state index in [4.69, 9.17) is 24.2 Å². The van der Waals surface area contributed by atoms with Crippen LogP contribution in [0.5, 0.6) is 23.0 Å². The molecule has 0 radical (unpaired) electrons. The van der Waals surface area contributed by atoms with Crippen molar-refractivity contribution in [1.29, 1.82) is 5.26 Å². The van der Waals surface area contributed by atoms with Gasteiger partial charge in [0.05, 0.1) is 34.5 Å². The van der Waals surface area contributed by atoms with Crippen LogP contribution in [0.3, 0.4) is 0 Å². The summed E-state index contributed by atoms with van der Waals surface area (Å²) in [5.74, 6) is 3.64. The lowest BCUT2D eigenvalue weighted by Crippen LogP contribution is -2.31. The lowest BCUT2D eigenvalue weighted by molar-refractivity contribution is 0.267. The number of likely N-dealkylation sites (N-methyl/N-ethyl adjacent to an activating group) is 1. The summed E-state index contributed by atoms with van der Waals surface area (Å²) < 4.78 is 21.7. The Morgan fingerprint density at radius 2 is 1.37 bits per heavy atom.